The number of carboxylic acid groups (broad SMARTS) is 1. The number of hydrogen-bond acceptors (Lipinski definition) is 4. The minimum absolute atomic E-state index is 0.140. The highest BCUT2D eigenvalue weighted by Crippen LogP contribution is 2.32. The molecular formula is C26H38ClN3O4. The summed E-state index contributed by atoms with van der Waals surface area (Å²) < 4.78 is 0. The topological polar surface area (TPSA) is 102 Å². The summed E-state index contributed by atoms with van der Waals surface area (Å²) in [6, 6.07) is 3.78. The highest BCUT2D eigenvalue weighted by atomic mass is 35.5. The number of carbonyl (C=O) groups is 3. The molecule has 1 heterocycles. The van der Waals surface area contributed by atoms with Crippen molar-refractivity contribution in [2.24, 2.45) is 0 Å². The van der Waals surface area contributed by atoms with Crippen molar-refractivity contribution in [2.45, 2.75) is 60.0 Å². The van der Waals surface area contributed by atoms with Gasteiger partial charge in [-0.1, -0.05) is 49.7 Å². The molecule has 8 heteroatoms. The lowest BCUT2D eigenvalue weighted by molar-refractivity contribution is -0.125. The maximum atomic E-state index is 11.8. The summed E-state index contributed by atoms with van der Waals surface area (Å²) in [7, 11) is 1.96. The number of rotatable bonds is 8. The molecule has 7 nitrogen and oxygen atoms in total. The molecule has 0 fully saturated rings. The number of carbonyl (C=O) groups excluding carboxylic acids is 2. The van der Waals surface area contributed by atoms with Crippen LogP contribution in [0.15, 0.2) is 42.0 Å². The highest BCUT2D eigenvalue weighted by Gasteiger charge is 2.28. The number of hydrogen-bond donors (Lipinski definition) is 3. The standard InChI is InChI=1S/C19H19ClN2O4.C5H13N.C2H6/c1-3-5-12(4-2)9-22(11-24)16(10-23)17-14-7-6-13(20)8-15(14)21-18(17)19(25)26;1-5(2,3)6-4;1-2/h3-8,10-11,16,21H,9H2,1-2H3,(H,25,26);6H,1-4H3;1-2H3/b5-3-,12-4+;;. The first kappa shape index (κ1) is 31.1. The Balaban J connectivity index is 0.00000118. The molecule has 1 aromatic heterocycles. The molecule has 0 aliphatic rings. The fraction of sp³-hybridized carbons (Fsp3) is 0.423. The first-order valence-electron chi connectivity index (χ1n) is 11.2. The minimum Gasteiger partial charge on any atom is -0.477 e. The molecule has 34 heavy (non-hydrogen) atoms. The lowest BCUT2D eigenvalue weighted by Crippen LogP contribution is -2.31. The van der Waals surface area contributed by atoms with Crippen molar-refractivity contribution in [3.63, 3.8) is 0 Å². The van der Waals surface area contributed by atoms with Crippen molar-refractivity contribution >= 4 is 41.2 Å². The number of carboxylic acids is 1. The van der Waals surface area contributed by atoms with E-state index in [1.807, 2.05) is 53.0 Å². The molecule has 1 amide bonds. The van der Waals surface area contributed by atoms with Gasteiger partial charge in [-0.2, -0.15) is 0 Å². The lowest BCUT2D eigenvalue weighted by Gasteiger charge is -2.25. The predicted molar refractivity (Wildman–Crippen MR) is 141 cm³/mol. The van der Waals surface area contributed by atoms with Crippen molar-refractivity contribution < 1.29 is 19.5 Å². The zero-order valence-corrected chi connectivity index (χ0v) is 22.2. The lowest BCUT2D eigenvalue weighted by atomic mass is 10.0. The molecule has 2 aromatic rings. The summed E-state index contributed by atoms with van der Waals surface area (Å²) in [4.78, 5) is 39.2. The SMILES string of the molecule is C/C=C\C(=C/C)CN(C=O)C(C=O)c1c(C(=O)O)[nH]c2cc(Cl)ccc12.CC.CNC(C)(C)C. The molecule has 0 spiro atoms. The zero-order chi connectivity index (χ0) is 26.5. The second-order valence-corrected chi connectivity index (χ2v) is 8.57. The fourth-order valence-corrected chi connectivity index (χ4v) is 3.02. The van der Waals surface area contributed by atoms with Crippen LogP contribution in [0.25, 0.3) is 10.9 Å². The molecule has 1 aromatic carbocycles. The van der Waals surface area contributed by atoms with Crippen molar-refractivity contribution in [3.05, 3.63) is 58.3 Å². The molecule has 3 N–H and O–H groups in total. The molecule has 2 rings (SSSR count). The van der Waals surface area contributed by atoms with E-state index in [9.17, 15) is 19.5 Å². The maximum Gasteiger partial charge on any atom is 0.352 e. The van der Waals surface area contributed by atoms with Crippen LogP contribution in [0.5, 0.6) is 0 Å². The van der Waals surface area contributed by atoms with Gasteiger partial charge in [-0.15, -0.1) is 0 Å². The Kier molecular flexibility index (Phi) is 13.8. The predicted octanol–water partition coefficient (Wildman–Crippen LogP) is 5.77. The summed E-state index contributed by atoms with van der Waals surface area (Å²) in [6.45, 7) is 14.2. The summed E-state index contributed by atoms with van der Waals surface area (Å²) in [5, 5.41) is 13.6. The summed E-state index contributed by atoms with van der Waals surface area (Å²) in [6.07, 6.45) is 6.59. The van der Waals surface area contributed by atoms with Crippen LogP contribution in [0, 0.1) is 0 Å². The van der Waals surface area contributed by atoms with Crippen molar-refractivity contribution in [2.75, 3.05) is 13.6 Å². The molecule has 0 bridgehead atoms. The Morgan fingerprint density at radius 3 is 2.24 bits per heavy atom. The Labute approximate surface area is 207 Å². The molecule has 1 atom stereocenters. The number of aromatic amines is 1. The fourth-order valence-electron chi connectivity index (χ4n) is 2.85. The third kappa shape index (κ3) is 9.15. The van der Waals surface area contributed by atoms with Crippen LogP contribution in [-0.2, 0) is 9.59 Å². The van der Waals surface area contributed by atoms with Crippen LogP contribution in [0.3, 0.4) is 0 Å². The van der Waals surface area contributed by atoms with Crippen LogP contribution in [0.1, 0.15) is 70.6 Å². The molecule has 0 saturated carbocycles. The quantitative estimate of drug-likeness (QED) is 0.321. The first-order valence-corrected chi connectivity index (χ1v) is 11.6. The monoisotopic (exact) mass is 491 g/mol. The van der Waals surface area contributed by atoms with Crippen LogP contribution in [-0.4, -0.2) is 52.8 Å². The highest BCUT2D eigenvalue weighted by molar-refractivity contribution is 6.31. The van der Waals surface area contributed by atoms with Crippen LogP contribution in [0.2, 0.25) is 5.02 Å². The normalized spacial score (nSPS) is 12.3. The molecular weight excluding hydrogens is 454 g/mol. The maximum absolute atomic E-state index is 11.8. The van der Waals surface area contributed by atoms with Gasteiger partial charge in [0.1, 0.15) is 18.0 Å². The number of H-pyrrole nitrogens is 1. The average molecular weight is 492 g/mol. The van der Waals surface area contributed by atoms with Gasteiger partial charge >= 0.3 is 5.97 Å². The van der Waals surface area contributed by atoms with Crippen LogP contribution >= 0.6 is 11.6 Å². The van der Waals surface area contributed by atoms with E-state index in [4.69, 9.17) is 11.6 Å². The Hall–Kier alpha value is -2.90. The van der Waals surface area contributed by atoms with Gasteiger partial charge in [0.05, 0.1) is 0 Å². The van der Waals surface area contributed by atoms with E-state index in [0.29, 0.717) is 34.2 Å². The van der Waals surface area contributed by atoms with E-state index in [1.54, 1.807) is 18.2 Å². The van der Waals surface area contributed by atoms with Gasteiger partial charge in [0.25, 0.3) is 0 Å². The summed E-state index contributed by atoms with van der Waals surface area (Å²) >= 11 is 5.97. The van der Waals surface area contributed by atoms with E-state index in [0.717, 1.165) is 5.57 Å². The van der Waals surface area contributed by atoms with Gasteiger partial charge in [0, 0.05) is 33.6 Å². The van der Waals surface area contributed by atoms with Crippen molar-refractivity contribution in [1.29, 1.82) is 0 Å². The number of aromatic nitrogens is 1. The molecule has 1 unspecified atom stereocenters. The van der Waals surface area contributed by atoms with E-state index in [-0.39, 0.29) is 17.8 Å². The van der Waals surface area contributed by atoms with E-state index in [1.165, 1.54) is 4.90 Å². The Morgan fingerprint density at radius 2 is 1.82 bits per heavy atom. The Morgan fingerprint density at radius 1 is 1.24 bits per heavy atom. The van der Waals surface area contributed by atoms with E-state index in [2.05, 4.69) is 31.1 Å². The molecule has 0 aliphatic carbocycles. The van der Waals surface area contributed by atoms with Gasteiger partial charge in [-0.25, -0.2) is 4.79 Å². The van der Waals surface area contributed by atoms with Crippen molar-refractivity contribution in [3.8, 4) is 0 Å². The number of fused-ring (bicyclic) bond motifs is 1. The first-order chi connectivity index (χ1) is 16.0. The molecule has 0 radical (unpaired) electrons. The summed E-state index contributed by atoms with van der Waals surface area (Å²) in [5.41, 5.74) is 1.70. The number of aldehydes is 1. The average Bonchev–Trinajstić information content (AvgIpc) is 3.18. The number of nitrogens with one attached hydrogen (secondary N) is 2. The number of amides is 1. The van der Waals surface area contributed by atoms with Gasteiger partial charge in [-0.3, -0.25) is 4.79 Å². The van der Waals surface area contributed by atoms with Crippen LogP contribution in [0.4, 0.5) is 0 Å². The van der Waals surface area contributed by atoms with Gasteiger partial charge in [0.15, 0.2) is 0 Å². The third-order valence-corrected chi connectivity index (χ3v) is 5.03. The second kappa shape index (κ2) is 15.1. The molecule has 0 aliphatic heterocycles. The van der Waals surface area contributed by atoms with Gasteiger partial charge in [0.2, 0.25) is 6.41 Å². The zero-order valence-electron chi connectivity index (χ0n) is 21.4. The van der Waals surface area contributed by atoms with E-state index < -0.39 is 12.0 Å². The molecule has 188 valence electrons. The van der Waals surface area contributed by atoms with Gasteiger partial charge < -0.3 is 25.1 Å². The Bertz CT molecular complexity index is 1000. The van der Waals surface area contributed by atoms with Gasteiger partial charge in [-0.05, 0) is 59.4 Å². The van der Waals surface area contributed by atoms with Crippen LogP contribution < -0.4 is 5.32 Å². The largest absolute Gasteiger partial charge is 0.477 e. The van der Waals surface area contributed by atoms with E-state index >= 15 is 0 Å². The smallest absolute Gasteiger partial charge is 0.352 e. The number of aromatic carboxylic acids is 1. The number of benzene rings is 1. The number of halogens is 1. The van der Waals surface area contributed by atoms with Crippen molar-refractivity contribution in [1.82, 2.24) is 15.2 Å². The molecule has 0 saturated heterocycles. The second-order valence-electron chi connectivity index (χ2n) is 8.13. The number of allylic oxidation sites excluding steroid dienone is 2. The summed E-state index contributed by atoms with van der Waals surface area (Å²) in [5.74, 6) is -1.22. The minimum atomic E-state index is -1.22. The third-order valence-electron chi connectivity index (χ3n) is 4.80. The number of nitrogens with zero attached hydrogens (tertiary/aromatic N) is 1.